The molecule has 1 saturated heterocycles. The third-order valence-corrected chi connectivity index (χ3v) is 5.27. The molecule has 0 radical (unpaired) electrons. The van der Waals surface area contributed by atoms with Gasteiger partial charge in [0.2, 0.25) is 0 Å². The Morgan fingerprint density at radius 2 is 1.89 bits per heavy atom. The molecule has 2 aliphatic rings. The average molecular weight is 268 g/mol. The third-order valence-electron chi connectivity index (χ3n) is 5.27. The standard InChI is InChI=1S/C16H32N2O/c1-12(2)15-6-5-7-16(8-15,11-17)18-9-13(3)19-14(4)10-18/h12-15H,5-11,17H2,1-4H3. The lowest BCUT2D eigenvalue weighted by atomic mass is 9.70. The predicted molar refractivity (Wildman–Crippen MR) is 80.2 cm³/mol. The summed E-state index contributed by atoms with van der Waals surface area (Å²) in [5, 5.41) is 0. The Labute approximate surface area is 118 Å². The predicted octanol–water partition coefficient (Wildman–Crippen LogP) is 2.64. The lowest BCUT2D eigenvalue weighted by Crippen LogP contribution is -2.62. The van der Waals surface area contributed by atoms with Crippen LogP contribution in [0.4, 0.5) is 0 Å². The number of hydrogen-bond donors (Lipinski definition) is 1. The summed E-state index contributed by atoms with van der Waals surface area (Å²) >= 11 is 0. The Hall–Kier alpha value is -0.120. The molecule has 0 amide bonds. The van der Waals surface area contributed by atoms with Gasteiger partial charge in [0.15, 0.2) is 0 Å². The van der Waals surface area contributed by atoms with Crippen molar-refractivity contribution in [2.75, 3.05) is 19.6 Å². The van der Waals surface area contributed by atoms with Crippen molar-refractivity contribution in [3.05, 3.63) is 0 Å². The zero-order chi connectivity index (χ0) is 14.0. The van der Waals surface area contributed by atoms with Crippen LogP contribution >= 0.6 is 0 Å². The Kier molecular flexibility index (Phi) is 4.91. The molecular weight excluding hydrogens is 236 g/mol. The molecule has 2 N–H and O–H groups in total. The molecule has 0 spiro atoms. The van der Waals surface area contributed by atoms with Crippen molar-refractivity contribution < 1.29 is 4.74 Å². The molecule has 0 aromatic heterocycles. The fraction of sp³-hybridized carbons (Fsp3) is 1.00. The average Bonchev–Trinajstić information content (AvgIpc) is 2.37. The fourth-order valence-electron chi connectivity index (χ4n) is 4.12. The fourth-order valence-corrected chi connectivity index (χ4v) is 4.12. The zero-order valence-corrected chi connectivity index (χ0v) is 13.2. The summed E-state index contributed by atoms with van der Waals surface area (Å²) in [5.41, 5.74) is 6.48. The molecule has 19 heavy (non-hydrogen) atoms. The first-order valence-electron chi connectivity index (χ1n) is 8.07. The van der Waals surface area contributed by atoms with Crippen LogP contribution in [0.15, 0.2) is 0 Å². The van der Waals surface area contributed by atoms with Gasteiger partial charge in [-0.05, 0) is 38.5 Å². The number of nitrogens with zero attached hydrogens (tertiary/aromatic N) is 1. The minimum Gasteiger partial charge on any atom is -0.373 e. The van der Waals surface area contributed by atoms with E-state index in [1.54, 1.807) is 0 Å². The largest absolute Gasteiger partial charge is 0.373 e. The van der Waals surface area contributed by atoms with E-state index in [0.29, 0.717) is 12.2 Å². The lowest BCUT2D eigenvalue weighted by molar-refractivity contribution is -0.113. The van der Waals surface area contributed by atoms with Crippen molar-refractivity contribution in [3.63, 3.8) is 0 Å². The highest BCUT2D eigenvalue weighted by atomic mass is 16.5. The first-order chi connectivity index (χ1) is 8.97. The second-order valence-electron chi connectivity index (χ2n) is 7.19. The van der Waals surface area contributed by atoms with E-state index in [2.05, 4.69) is 32.6 Å². The molecule has 0 bridgehead atoms. The molecule has 4 atom stereocenters. The molecule has 0 aromatic rings. The first-order valence-corrected chi connectivity index (χ1v) is 8.07. The van der Waals surface area contributed by atoms with Crippen molar-refractivity contribution >= 4 is 0 Å². The molecule has 3 nitrogen and oxygen atoms in total. The molecule has 1 aliphatic carbocycles. The smallest absolute Gasteiger partial charge is 0.0678 e. The van der Waals surface area contributed by atoms with Gasteiger partial charge in [0, 0.05) is 25.2 Å². The topological polar surface area (TPSA) is 38.5 Å². The van der Waals surface area contributed by atoms with Gasteiger partial charge in [-0.15, -0.1) is 0 Å². The van der Waals surface area contributed by atoms with Crippen LogP contribution in [0.1, 0.15) is 53.4 Å². The van der Waals surface area contributed by atoms with E-state index in [0.717, 1.165) is 31.5 Å². The molecule has 2 fully saturated rings. The van der Waals surface area contributed by atoms with Gasteiger partial charge >= 0.3 is 0 Å². The number of nitrogens with two attached hydrogens (primary N) is 1. The van der Waals surface area contributed by atoms with Crippen molar-refractivity contribution in [2.24, 2.45) is 17.6 Å². The molecule has 112 valence electrons. The van der Waals surface area contributed by atoms with E-state index >= 15 is 0 Å². The molecular formula is C16H32N2O. The van der Waals surface area contributed by atoms with E-state index in [1.165, 1.54) is 25.7 Å². The molecule has 1 heterocycles. The number of hydrogen-bond acceptors (Lipinski definition) is 3. The normalized spacial score (nSPS) is 41.7. The molecule has 4 unspecified atom stereocenters. The van der Waals surface area contributed by atoms with Gasteiger partial charge in [-0.25, -0.2) is 0 Å². The van der Waals surface area contributed by atoms with Crippen LogP contribution in [0.25, 0.3) is 0 Å². The van der Waals surface area contributed by atoms with Gasteiger partial charge < -0.3 is 10.5 Å². The van der Waals surface area contributed by atoms with Crippen molar-refractivity contribution in [1.29, 1.82) is 0 Å². The second kappa shape index (κ2) is 6.11. The summed E-state index contributed by atoms with van der Waals surface area (Å²) in [6.45, 7) is 12.0. The number of rotatable bonds is 3. The van der Waals surface area contributed by atoms with Gasteiger partial charge in [0.1, 0.15) is 0 Å². The first kappa shape index (κ1) is 15.3. The Morgan fingerprint density at radius 1 is 1.26 bits per heavy atom. The van der Waals surface area contributed by atoms with E-state index in [1.807, 2.05) is 0 Å². The lowest BCUT2D eigenvalue weighted by Gasteiger charge is -2.52. The van der Waals surface area contributed by atoms with Crippen LogP contribution in [0.3, 0.4) is 0 Å². The summed E-state index contributed by atoms with van der Waals surface area (Å²) in [7, 11) is 0. The molecule has 1 aliphatic heterocycles. The summed E-state index contributed by atoms with van der Waals surface area (Å²) in [6, 6.07) is 0. The van der Waals surface area contributed by atoms with Gasteiger partial charge in [-0.3, -0.25) is 4.90 Å². The van der Waals surface area contributed by atoms with Gasteiger partial charge in [0.05, 0.1) is 12.2 Å². The Balaban J connectivity index is 2.12. The highest BCUT2D eigenvalue weighted by molar-refractivity contribution is 4.99. The van der Waals surface area contributed by atoms with Crippen molar-refractivity contribution in [1.82, 2.24) is 4.90 Å². The Bertz CT molecular complexity index is 284. The van der Waals surface area contributed by atoms with Gasteiger partial charge in [-0.2, -0.15) is 0 Å². The maximum Gasteiger partial charge on any atom is 0.0678 e. The molecule has 3 heteroatoms. The highest BCUT2D eigenvalue weighted by Crippen LogP contribution is 2.40. The third kappa shape index (κ3) is 3.32. The van der Waals surface area contributed by atoms with E-state index < -0.39 is 0 Å². The van der Waals surface area contributed by atoms with E-state index in [-0.39, 0.29) is 5.54 Å². The summed E-state index contributed by atoms with van der Waals surface area (Å²) in [5.74, 6) is 1.62. The molecule has 2 rings (SSSR count). The summed E-state index contributed by atoms with van der Waals surface area (Å²) < 4.78 is 5.89. The maximum atomic E-state index is 6.24. The quantitative estimate of drug-likeness (QED) is 0.855. The van der Waals surface area contributed by atoms with Crippen LogP contribution in [-0.2, 0) is 4.74 Å². The maximum absolute atomic E-state index is 6.24. The highest BCUT2D eigenvalue weighted by Gasteiger charge is 2.43. The van der Waals surface area contributed by atoms with Crippen LogP contribution in [-0.4, -0.2) is 42.3 Å². The van der Waals surface area contributed by atoms with Crippen LogP contribution in [0.5, 0.6) is 0 Å². The van der Waals surface area contributed by atoms with Gasteiger partial charge in [0.25, 0.3) is 0 Å². The van der Waals surface area contributed by atoms with E-state index in [9.17, 15) is 0 Å². The Morgan fingerprint density at radius 3 is 2.42 bits per heavy atom. The number of ether oxygens (including phenoxy) is 1. The van der Waals surface area contributed by atoms with Crippen LogP contribution in [0, 0.1) is 11.8 Å². The van der Waals surface area contributed by atoms with Crippen LogP contribution < -0.4 is 5.73 Å². The van der Waals surface area contributed by atoms with Crippen LogP contribution in [0.2, 0.25) is 0 Å². The van der Waals surface area contributed by atoms with Crippen molar-refractivity contribution in [2.45, 2.75) is 71.1 Å². The van der Waals surface area contributed by atoms with Crippen molar-refractivity contribution in [3.8, 4) is 0 Å². The van der Waals surface area contributed by atoms with Gasteiger partial charge in [-0.1, -0.05) is 26.7 Å². The molecule has 0 aromatic carbocycles. The minimum absolute atomic E-state index is 0.236. The molecule has 1 saturated carbocycles. The minimum atomic E-state index is 0.236. The zero-order valence-electron chi connectivity index (χ0n) is 13.2. The second-order valence-corrected chi connectivity index (χ2v) is 7.19. The van der Waals surface area contributed by atoms with E-state index in [4.69, 9.17) is 10.5 Å². The monoisotopic (exact) mass is 268 g/mol. The SMILES string of the molecule is CC1CN(C2(CN)CCCC(C(C)C)C2)CC(C)O1. The number of morpholine rings is 1. The summed E-state index contributed by atoms with van der Waals surface area (Å²) in [6.07, 6.45) is 5.94. The summed E-state index contributed by atoms with van der Waals surface area (Å²) in [4.78, 5) is 2.65.